The molecule has 1 atom stereocenters. The number of hydrogen-bond donors (Lipinski definition) is 1. The highest BCUT2D eigenvalue weighted by Crippen LogP contribution is 2.32. The number of benzene rings is 1. The molecule has 0 amide bonds. The highest BCUT2D eigenvalue weighted by atomic mass is 32.2. The lowest BCUT2D eigenvalue weighted by atomic mass is 9.97. The molecule has 0 aromatic heterocycles. The van der Waals surface area contributed by atoms with Gasteiger partial charge in [-0.1, -0.05) is 18.7 Å². The Morgan fingerprint density at radius 1 is 1.55 bits per heavy atom. The third-order valence-electron chi connectivity index (χ3n) is 3.58. The van der Waals surface area contributed by atoms with Crippen molar-refractivity contribution in [2.75, 3.05) is 18.2 Å². The van der Waals surface area contributed by atoms with Gasteiger partial charge < -0.3 is 10.1 Å². The monoisotopic (exact) mass is 289 g/mol. The molecule has 1 aromatic carbocycles. The summed E-state index contributed by atoms with van der Waals surface area (Å²) in [7, 11) is 1.60. The van der Waals surface area contributed by atoms with Gasteiger partial charge >= 0.3 is 0 Å². The molecule has 1 N–H and O–H groups in total. The predicted octanol–water partition coefficient (Wildman–Crippen LogP) is 3.64. The standard InChI is InChI=1S/C15H19N3OS/c1-4-15(2)7-8-20-14(18-15)17-12-6-5-11(10-16)9-13(12)19-3/h5-6,9H,4,7-8H2,1-3H3,(H,17,18). The molecule has 0 saturated carbocycles. The van der Waals surface area contributed by atoms with E-state index in [9.17, 15) is 0 Å². The van der Waals surface area contributed by atoms with Crippen molar-refractivity contribution in [3.05, 3.63) is 23.8 Å². The van der Waals surface area contributed by atoms with Crippen LogP contribution in [0.15, 0.2) is 23.2 Å². The topological polar surface area (TPSA) is 57.4 Å². The maximum absolute atomic E-state index is 8.92. The van der Waals surface area contributed by atoms with E-state index in [4.69, 9.17) is 15.0 Å². The molecule has 0 bridgehead atoms. The molecule has 1 unspecified atom stereocenters. The van der Waals surface area contributed by atoms with E-state index in [1.54, 1.807) is 31.0 Å². The third-order valence-corrected chi connectivity index (χ3v) is 4.46. The summed E-state index contributed by atoms with van der Waals surface area (Å²) in [5, 5.41) is 13.2. The van der Waals surface area contributed by atoms with E-state index in [1.807, 2.05) is 6.07 Å². The second kappa shape index (κ2) is 6.19. The van der Waals surface area contributed by atoms with E-state index >= 15 is 0 Å². The summed E-state index contributed by atoms with van der Waals surface area (Å²) < 4.78 is 5.33. The molecular weight excluding hydrogens is 270 g/mol. The van der Waals surface area contributed by atoms with Gasteiger partial charge in [-0.15, -0.1) is 0 Å². The molecule has 1 heterocycles. The molecule has 5 heteroatoms. The van der Waals surface area contributed by atoms with Crippen LogP contribution in [0.3, 0.4) is 0 Å². The first-order valence-electron chi connectivity index (χ1n) is 6.68. The molecule has 4 nitrogen and oxygen atoms in total. The van der Waals surface area contributed by atoms with Gasteiger partial charge in [0, 0.05) is 11.8 Å². The second-order valence-electron chi connectivity index (χ2n) is 5.02. The lowest BCUT2D eigenvalue weighted by molar-refractivity contribution is 0.416. The summed E-state index contributed by atoms with van der Waals surface area (Å²) in [5.74, 6) is 1.73. The largest absolute Gasteiger partial charge is 0.495 e. The van der Waals surface area contributed by atoms with Crippen molar-refractivity contribution >= 4 is 22.6 Å². The van der Waals surface area contributed by atoms with Gasteiger partial charge in [0.15, 0.2) is 5.17 Å². The van der Waals surface area contributed by atoms with Gasteiger partial charge in [0.25, 0.3) is 0 Å². The number of aliphatic imine (C=N–C) groups is 1. The SMILES string of the molecule is CCC1(C)CCSC(Nc2ccc(C#N)cc2OC)=N1. The quantitative estimate of drug-likeness (QED) is 0.923. The number of rotatable bonds is 3. The predicted molar refractivity (Wildman–Crippen MR) is 84.5 cm³/mol. The molecule has 1 aliphatic rings. The zero-order valence-electron chi connectivity index (χ0n) is 12.1. The van der Waals surface area contributed by atoms with E-state index in [0.717, 1.165) is 29.4 Å². The number of nitriles is 1. The normalized spacial score (nSPS) is 21.8. The Bertz CT molecular complexity index is 565. The maximum atomic E-state index is 8.92. The first kappa shape index (κ1) is 14.7. The Balaban J connectivity index is 2.24. The number of nitrogens with one attached hydrogen (secondary N) is 1. The van der Waals surface area contributed by atoms with Gasteiger partial charge in [0.2, 0.25) is 0 Å². The zero-order chi connectivity index (χ0) is 14.6. The Hall–Kier alpha value is -1.67. The number of amidine groups is 1. The third kappa shape index (κ3) is 3.26. The van der Waals surface area contributed by atoms with Crippen LogP contribution >= 0.6 is 11.8 Å². The average molecular weight is 289 g/mol. The molecule has 1 aromatic rings. The zero-order valence-corrected chi connectivity index (χ0v) is 12.9. The summed E-state index contributed by atoms with van der Waals surface area (Å²) in [6.45, 7) is 4.35. The fourth-order valence-corrected chi connectivity index (χ4v) is 3.20. The molecule has 2 rings (SSSR count). The lowest BCUT2D eigenvalue weighted by Crippen LogP contribution is -2.29. The molecule has 0 radical (unpaired) electrons. The molecule has 106 valence electrons. The fraction of sp³-hybridized carbons (Fsp3) is 0.467. The second-order valence-corrected chi connectivity index (χ2v) is 6.10. The van der Waals surface area contributed by atoms with Crippen molar-refractivity contribution < 1.29 is 4.74 Å². The van der Waals surface area contributed by atoms with Crippen LogP contribution in [0.4, 0.5) is 5.69 Å². The summed E-state index contributed by atoms with van der Waals surface area (Å²) >= 11 is 1.72. The highest BCUT2D eigenvalue weighted by molar-refractivity contribution is 8.14. The van der Waals surface area contributed by atoms with Crippen LogP contribution < -0.4 is 10.1 Å². The van der Waals surface area contributed by atoms with Crippen LogP contribution in [0, 0.1) is 11.3 Å². The Morgan fingerprint density at radius 3 is 3.00 bits per heavy atom. The molecular formula is C15H19N3OS. The summed E-state index contributed by atoms with van der Waals surface area (Å²) in [4.78, 5) is 4.79. The van der Waals surface area contributed by atoms with Crippen molar-refractivity contribution in [1.29, 1.82) is 5.26 Å². The number of ether oxygens (including phenoxy) is 1. The minimum absolute atomic E-state index is 0.0212. The molecule has 20 heavy (non-hydrogen) atoms. The maximum Gasteiger partial charge on any atom is 0.161 e. The summed E-state index contributed by atoms with van der Waals surface area (Å²) in [6.07, 6.45) is 2.13. The minimum Gasteiger partial charge on any atom is -0.495 e. The van der Waals surface area contributed by atoms with Gasteiger partial charge in [0.05, 0.1) is 30.0 Å². The summed E-state index contributed by atoms with van der Waals surface area (Å²) in [6, 6.07) is 7.48. The van der Waals surface area contributed by atoms with Crippen LogP contribution in [-0.2, 0) is 0 Å². The number of nitrogens with zero attached hydrogens (tertiary/aromatic N) is 2. The van der Waals surface area contributed by atoms with Gasteiger partial charge in [-0.25, -0.2) is 0 Å². The molecule has 0 spiro atoms. The molecule has 0 saturated heterocycles. The average Bonchev–Trinajstić information content (AvgIpc) is 2.48. The lowest BCUT2D eigenvalue weighted by Gasteiger charge is -2.29. The van der Waals surface area contributed by atoms with Crippen molar-refractivity contribution in [3.63, 3.8) is 0 Å². The van der Waals surface area contributed by atoms with Crippen LogP contribution in [0.25, 0.3) is 0 Å². The smallest absolute Gasteiger partial charge is 0.161 e. The number of thioether (sulfide) groups is 1. The van der Waals surface area contributed by atoms with E-state index in [-0.39, 0.29) is 5.54 Å². The molecule has 0 fully saturated rings. The van der Waals surface area contributed by atoms with Crippen LogP contribution in [0.1, 0.15) is 32.3 Å². The van der Waals surface area contributed by atoms with Crippen LogP contribution in [0.5, 0.6) is 5.75 Å². The molecule has 0 aliphatic carbocycles. The molecule has 1 aliphatic heterocycles. The Morgan fingerprint density at radius 2 is 2.35 bits per heavy atom. The number of methoxy groups -OCH3 is 1. The van der Waals surface area contributed by atoms with Crippen LogP contribution in [0.2, 0.25) is 0 Å². The van der Waals surface area contributed by atoms with Gasteiger partial charge in [-0.2, -0.15) is 5.26 Å². The van der Waals surface area contributed by atoms with E-state index in [2.05, 4.69) is 25.2 Å². The summed E-state index contributed by atoms with van der Waals surface area (Å²) in [5.41, 5.74) is 1.45. The van der Waals surface area contributed by atoms with Crippen molar-refractivity contribution in [2.45, 2.75) is 32.2 Å². The van der Waals surface area contributed by atoms with E-state index < -0.39 is 0 Å². The Kier molecular flexibility index (Phi) is 4.56. The van der Waals surface area contributed by atoms with E-state index in [1.165, 1.54) is 0 Å². The first-order chi connectivity index (χ1) is 9.60. The van der Waals surface area contributed by atoms with Gasteiger partial charge in [-0.05, 0) is 31.9 Å². The highest BCUT2D eigenvalue weighted by Gasteiger charge is 2.26. The van der Waals surface area contributed by atoms with Gasteiger partial charge in [-0.3, -0.25) is 4.99 Å². The first-order valence-corrected chi connectivity index (χ1v) is 7.66. The minimum atomic E-state index is 0.0212. The fourth-order valence-electron chi connectivity index (χ4n) is 2.00. The Labute approximate surface area is 124 Å². The number of anilines is 1. The van der Waals surface area contributed by atoms with E-state index in [0.29, 0.717) is 11.3 Å². The van der Waals surface area contributed by atoms with Crippen LogP contribution in [-0.4, -0.2) is 23.6 Å². The van der Waals surface area contributed by atoms with Crippen molar-refractivity contribution in [1.82, 2.24) is 0 Å². The van der Waals surface area contributed by atoms with Crippen molar-refractivity contribution in [3.8, 4) is 11.8 Å². The van der Waals surface area contributed by atoms with Gasteiger partial charge in [0.1, 0.15) is 5.75 Å². The number of hydrogen-bond acceptors (Lipinski definition) is 5. The van der Waals surface area contributed by atoms with Crippen molar-refractivity contribution in [2.24, 2.45) is 4.99 Å².